The lowest BCUT2D eigenvalue weighted by Gasteiger charge is -2.29. The van der Waals surface area contributed by atoms with Crippen molar-refractivity contribution in [2.75, 3.05) is 13.1 Å². The molecule has 0 fully saturated rings. The summed E-state index contributed by atoms with van der Waals surface area (Å²) in [6.45, 7) is 11.9. The second-order valence-electron chi connectivity index (χ2n) is 4.36. The first-order chi connectivity index (χ1) is 5.90. The molecule has 0 aromatic heterocycles. The van der Waals surface area contributed by atoms with Crippen molar-refractivity contribution in [1.82, 2.24) is 10.6 Å². The van der Waals surface area contributed by atoms with Crippen LogP contribution in [0.2, 0.25) is 0 Å². The Hall–Kier alpha value is -0.730. The maximum absolute atomic E-state index is 11.1. The van der Waals surface area contributed by atoms with Gasteiger partial charge in [0.15, 0.2) is 0 Å². The van der Waals surface area contributed by atoms with E-state index in [4.69, 9.17) is 0 Å². The normalized spacial score (nSPS) is 11.5. The van der Waals surface area contributed by atoms with Gasteiger partial charge < -0.3 is 10.6 Å². The average Bonchev–Trinajstić information content (AvgIpc) is 2.01. The standard InChI is InChI=1S/C10H22N2O/c1-6-11-9(13)12-7-10(4,5)8(2)3/h8H,6-7H2,1-5H3,(H2,11,12,13). The quantitative estimate of drug-likeness (QED) is 0.692. The lowest BCUT2D eigenvalue weighted by Crippen LogP contribution is -2.42. The van der Waals surface area contributed by atoms with Crippen LogP contribution in [0.3, 0.4) is 0 Å². The summed E-state index contributed by atoms with van der Waals surface area (Å²) in [6.07, 6.45) is 0. The number of hydrogen-bond acceptors (Lipinski definition) is 1. The predicted octanol–water partition coefficient (Wildman–Crippen LogP) is 1.99. The van der Waals surface area contributed by atoms with E-state index in [1.165, 1.54) is 0 Å². The summed E-state index contributed by atoms with van der Waals surface area (Å²) < 4.78 is 0. The molecule has 0 radical (unpaired) electrons. The van der Waals surface area contributed by atoms with Crippen LogP contribution in [-0.2, 0) is 0 Å². The molecule has 0 atom stereocenters. The fourth-order valence-corrected chi connectivity index (χ4v) is 0.735. The molecule has 0 saturated carbocycles. The van der Waals surface area contributed by atoms with E-state index < -0.39 is 0 Å². The van der Waals surface area contributed by atoms with Crippen molar-refractivity contribution in [3.63, 3.8) is 0 Å². The predicted molar refractivity (Wildman–Crippen MR) is 55.7 cm³/mol. The van der Waals surface area contributed by atoms with Crippen LogP contribution in [0.5, 0.6) is 0 Å². The molecule has 0 aliphatic rings. The number of rotatable bonds is 4. The van der Waals surface area contributed by atoms with Gasteiger partial charge in [-0.15, -0.1) is 0 Å². The molecule has 0 saturated heterocycles. The van der Waals surface area contributed by atoms with E-state index in [-0.39, 0.29) is 11.4 Å². The highest BCUT2D eigenvalue weighted by Crippen LogP contribution is 2.24. The summed E-state index contributed by atoms with van der Waals surface area (Å²) in [4.78, 5) is 11.1. The number of urea groups is 1. The highest BCUT2D eigenvalue weighted by molar-refractivity contribution is 5.73. The van der Waals surface area contributed by atoms with E-state index in [9.17, 15) is 4.79 Å². The number of hydrogen-bond donors (Lipinski definition) is 2. The second kappa shape index (κ2) is 5.10. The van der Waals surface area contributed by atoms with E-state index in [0.717, 1.165) is 6.54 Å². The summed E-state index contributed by atoms with van der Waals surface area (Å²) in [5.74, 6) is 0.564. The van der Waals surface area contributed by atoms with Crippen molar-refractivity contribution in [3.05, 3.63) is 0 Å². The SMILES string of the molecule is CCNC(=O)NCC(C)(C)C(C)C. The highest BCUT2D eigenvalue weighted by atomic mass is 16.2. The monoisotopic (exact) mass is 186 g/mol. The van der Waals surface area contributed by atoms with Crippen molar-refractivity contribution in [3.8, 4) is 0 Å². The Morgan fingerprint density at radius 3 is 2.23 bits per heavy atom. The Labute approximate surface area is 81.3 Å². The fraction of sp³-hybridized carbons (Fsp3) is 0.900. The van der Waals surface area contributed by atoms with Crippen LogP contribution in [-0.4, -0.2) is 19.1 Å². The van der Waals surface area contributed by atoms with Gasteiger partial charge in [-0.1, -0.05) is 27.7 Å². The maximum Gasteiger partial charge on any atom is 0.314 e. The minimum atomic E-state index is -0.0729. The van der Waals surface area contributed by atoms with Gasteiger partial charge in [0, 0.05) is 13.1 Å². The lowest BCUT2D eigenvalue weighted by atomic mass is 9.81. The minimum absolute atomic E-state index is 0.0729. The van der Waals surface area contributed by atoms with Gasteiger partial charge in [0.25, 0.3) is 0 Å². The third kappa shape index (κ3) is 4.76. The van der Waals surface area contributed by atoms with Gasteiger partial charge in [-0.2, -0.15) is 0 Å². The van der Waals surface area contributed by atoms with Crippen molar-refractivity contribution in [2.24, 2.45) is 11.3 Å². The fourth-order valence-electron chi connectivity index (χ4n) is 0.735. The van der Waals surface area contributed by atoms with Gasteiger partial charge in [-0.3, -0.25) is 0 Å². The number of carbonyl (C=O) groups is 1. The smallest absolute Gasteiger partial charge is 0.314 e. The topological polar surface area (TPSA) is 41.1 Å². The molecule has 0 bridgehead atoms. The van der Waals surface area contributed by atoms with Crippen LogP contribution in [0.15, 0.2) is 0 Å². The van der Waals surface area contributed by atoms with Crippen molar-refractivity contribution >= 4 is 6.03 Å². The summed E-state index contributed by atoms with van der Waals surface area (Å²) in [7, 11) is 0. The molecule has 0 aromatic rings. The van der Waals surface area contributed by atoms with Gasteiger partial charge in [0.2, 0.25) is 0 Å². The van der Waals surface area contributed by atoms with Gasteiger partial charge >= 0.3 is 6.03 Å². The largest absolute Gasteiger partial charge is 0.338 e. The second-order valence-corrected chi connectivity index (χ2v) is 4.36. The molecule has 0 heterocycles. The Bertz CT molecular complexity index is 164. The molecule has 0 rings (SSSR count). The van der Waals surface area contributed by atoms with E-state index in [1.807, 2.05) is 6.92 Å². The van der Waals surface area contributed by atoms with E-state index in [0.29, 0.717) is 12.5 Å². The molecular weight excluding hydrogens is 164 g/mol. The van der Waals surface area contributed by atoms with Crippen LogP contribution >= 0.6 is 0 Å². The zero-order valence-electron chi connectivity index (χ0n) is 9.40. The van der Waals surface area contributed by atoms with Crippen LogP contribution < -0.4 is 10.6 Å². The molecule has 0 aromatic carbocycles. The van der Waals surface area contributed by atoms with Crippen LogP contribution in [0.25, 0.3) is 0 Å². The third-order valence-corrected chi connectivity index (χ3v) is 2.60. The van der Waals surface area contributed by atoms with Crippen LogP contribution in [0.1, 0.15) is 34.6 Å². The first-order valence-corrected chi connectivity index (χ1v) is 4.92. The average molecular weight is 186 g/mol. The van der Waals surface area contributed by atoms with Crippen molar-refractivity contribution in [1.29, 1.82) is 0 Å². The number of nitrogens with one attached hydrogen (secondary N) is 2. The van der Waals surface area contributed by atoms with Gasteiger partial charge in [-0.25, -0.2) is 4.79 Å². The number of amides is 2. The molecule has 0 spiro atoms. The van der Waals surface area contributed by atoms with Gasteiger partial charge in [-0.05, 0) is 18.3 Å². The molecule has 2 amide bonds. The summed E-state index contributed by atoms with van der Waals surface area (Å²) in [5, 5.41) is 5.56. The zero-order chi connectivity index (χ0) is 10.5. The van der Waals surface area contributed by atoms with Crippen LogP contribution in [0.4, 0.5) is 4.79 Å². The molecule has 3 nitrogen and oxygen atoms in total. The van der Waals surface area contributed by atoms with Gasteiger partial charge in [0.05, 0.1) is 0 Å². The van der Waals surface area contributed by atoms with E-state index >= 15 is 0 Å². The Morgan fingerprint density at radius 2 is 1.85 bits per heavy atom. The summed E-state index contributed by atoms with van der Waals surface area (Å²) in [5.41, 5.74) is 0.158. The highest BCUT2D eigenvalue weighted by Gasteiger charge is 2.22. The Morgan fingerprint density at radius 1 is 1.31 bits per heavy atom. The van der Waals surface area contributed by atoms with E-state index in [1.54, 1.807) is 0 Å². The van der Waals surface area contributed by atoms with Gasteiger partial charge in [0.1, 0.15) is 0 Å². The molecule has 13 heavy (non-hydrogen) atoms. The first kappa shape index (κ1) is 12.3. The first-order valence-electron chi connectivity index (χ1n) is 4.92. The lowest BCUT2D eigenvalue weighted by molar-refractivity contribution is 0.216. The van der Waals surface area contributed by atoms with Crippen LogP contribution in [0, 0.1) is 11.3 Å². The molecule has 0 unspecified atom stereocenters. The molecular formula is C10H22N2O. The van der Waals surface area contributed by atoms with Crippen molar-refractivity contribution in [2.45, 2.75) is 34.6 Å². The third-order valence-electron chi connectivity index (χ3n) is 2.60. The minimum Gasteiger partial charge on any atom is -0.338 e. The molecule has 2 N–H and O–H groups in total. The van der Waals surface area contributed by atoms with Crippen molar-refractivity contribution < 1.29 is 4.79 Å². The summed E-state index contributed by atoms with van der Waals surface area (Å²) >= 11 is 0. The Balaban J connectivity index is 3.81. The van der Waals surface area contributed by atoms with E-state index in [2.05, 4.69) is 38.3 Å². The molecule has 78 valence electrons. The maximum atomic E-state index is 11.1. The molecule has 3 heteroatoms. The molecule has 0 aliphatic carbocycles. The number of carbonyl (C=O) groups excluding carboxylic acids is 1. The molecule has 0 aliphatic heterocycles. The summed E-state index contributed by atoms with van der Waals surface area (Å²) in [6, 6.07) is -0.0729. The zero-order valence-corrected chi connectivity index (χ0v) is 9.40. The Kier molecular flexibility index (Phi) is 4.81.